The van der Waals surface area contributed by atoms with Crippen LogP contribution in [-0.4, -0.2) is 49.8 Å². The van der Waals surface area contributed by atoms with Gasteiger partial charge < -0.3 is 15.7 Å². The van der Waals surface area contributed by atoms with E-state index in [1.807, 2.05) is 41.1 Å². The van der Waals surface area contributed by atoms with Gasteiger partial charge in [0.05, 0.1) is 4.90 Å². The van der Waals surface area contributed by atoms with Crippen molar-refractivity contribution in [3.05, 3.63) is 88.9 Å². The zero-order chi connectivity index (χ0) is 28.4. The Kier molecular flexibility index (Phi) is 11.4. The molecule has 0 fully saturated rings. The minimum Gasteiger partial charge on any atom is -0.384 e. The average molecular weight is 590 g/mol. The second kappa shape index (κ2) is 14.5. The quantitative estimate of drug-likeness (QED) is 0.154. The summed E-state index contributed by atoms with van der Waals surface area (Å²) < 4.78 is 27.3. The Hall–Kier alpha value is -2.89. The topological polar surface area (TPSA) is 125 Å². The van der Waals surface area contributed by atoms with Gasteiger partial charge in [-0.15, -0.1) is 0 Å². The van der Waals surface area contributed by atoms with Crippen LogP contribution < -0.4 is 15.4 Å². The Bertz CT molecular complexity index is 1380. The van der Waals surface area contributed by atoms with Crippen LogP contribution in [0.1, 0.15) is 24.5 Å². The molecule has 3 aromatic carbocycles. The van der Waals surface area contributed by atoms with Crippen molar-refractivity contribution in [2.45, 2.75) is 42.6 Å². The predicted molar refractivity (Wildman–Crippen MR) is 156 cm³/mol. The van der Waals surface area contributed by atoms with Gasteiger partial charge in [0.25, 0.3) is 15.9 Å². The molecule has 0 aliphatic rings. The fraction of sp³-hybridized carbons (Fsp3) is 0.286. The summed E-state index contributed by atoms with van der Waals surface area (Å²) in [5.74, 6) is -1.06. The molecule has 2 atom stereocenters. The van der Waals surface area contributed by atoms with E-state index in [4.69, 9.17) is 11.6 Å². The highest BCUT2D eigenvalue weighted by molar-refractivity contribution is 7.90. The van der Waals surface area contributed by atoms with Crippen molar-refractivity contribution in [3.8, 4) is 11.1 Å². The van der Waals surface area contributed by atoms with E-state index in [2.05, 4.69) is 23.3 Å². The number of nitrogens with one attached hydrogen (secondary N) is 3. The van der Waals surface area contributed by atoms with Gasteiger partial charge in [-0.3, -0.25) is 9.59 Å². The van der Waals surface area contributed by atoms with Crippen molar-refractivity contribution in [3.63, 3.8) is 0 Å². The molecular formula is C28H32ClN3O5S2. The van der Waals surface area contributed by atoms with Gasteiger partial charge in [0.15, 0.2) is 0 Å². The number of aliphatic hydroxyl groups is 1. The van der Waals surface area contributed by atoms with Crippen molar-refractivity contribution in [2.75, 3.05) is 13.1 Å². The summed E-state index contributed by atoms with van der Waals surface area (Å²) >= 11 is 10.6. The smallest absolute Gasteiger partial charge is 0.264 e. The predicted octanol–water partition coefficient (Wildman–Crippen LogP) is 3.33. The fourth-order valence-electron chi connectivity index (χ4n) is 3.78. The minimum atomic E-state index is -4.17. The first kappa shape index (κ1) is 30.6. The van der Waals surface area contributed by atoms with Crippen LogP contribution in [0.25, 0.3) is 11.1 Å². The highest BCUT2D eigenvalue weighted by Gasteiger charge is 2.23. The maximum atomic E-state index is 12.7. The van der Waals surface area contributed by atoms with Crippen molar-refractivity contribution < 1.29 is 23.1 Å². The molecule has 0 heterocycles. The molecule has 0 saturated carbocycles. The summed E-state index contributed by atoms with van der Waals surface area (Å²) in [4.78, 5) is 23.9. The summed E-state index contributed by atoms with van der Waals surface area (Å²) in [6.07, 6.45) is -0.436. The Morgan fingerprint density at radius 3 is 2.41 bits per heavy atom. The second-order valence-corrected chi connectivity index (χ2v) is 11.9. The molecule has 3 aromatic rings. The maximum Gasteiger partial charge on any atom is 0.264 e. The van der Waals surface area contributed by atoms with Crippen molar-refractivity contribution in [1.29, 1.82) is 0 Å². The lowest BCUT2D eigenvalue weighted by atomic mass is 10.0. The van der Waals surface area contributed by atoms with Gasteiger partial charge in [-0.2, -0.15) is 12.6 Å². The van der Waals surface area contributed by atoms with Gasteiger partial charge in [-0.05, 0) is 48.2 Å². The van der Waals surface area contributed by atoms with E-state index >= 15 is 0 Å². The first-order chi connectivity index (χ1) is 18.5. The third kappa shape index (κ3) is 9.66. The number of benzene rings is 3. The number of halogens is 1. The van der Waals surface area contributed by atoms with Gasteiger partial charge in [-0.1, -0.05) is 66.2 Å². The van der Waals surface area contributed by atoms with Crippen LogP contribution in [0, 0.1) is 0 Å². The number of hydrogen-bond acceptors (Lipinski definition) is 7. The number of sulfonamides is 1. The molecule has 0 radical (unpaired) electrons. The number of amides is 2. The van der Waals surface area contributed by atoms with Crippen molar-refractivity contribution in [2.24, 2.45) is 0 Å². The summed E-state index contributed by atoms with van der Waals surface area (Å²) in [6.45, 7) is 2.67. The van der Waals surface area contributed by atoms with Crippen LogP contribution >= 0.6 is 24.2 Å². The Labute approximate surface area is 239 Å². The van der Waals surface area contributed by atoms with Gasteiger partial charge in [0.2, 0.25) is 5.91 Å². The number of aliphatic hydroxyl groups excluding tert-OH is 1. The molecule has 0 unspecified atom stereocenters. The average Bonchev–Trinajstić information content (AvgIpc) is 2.90. The van der Waals surface area contributed by atoms with E-state index in [1.165, 1.54) is 13.0 Å². The molecule has 0 saturated heterocycles. The molecule has 0 spiro atoms. The SMILES string of the molecule is C[C@H](O)C(=O)NS(=O)(=O)c1ccccc1-c1ccc(CNCCC(=O)NC[C@H](S)Cc2cccc(Cl)c2)cc1. The van der Waals surface area contributed by atoms with Crippen LogP contribution in [0.4, 0.5) is 0 Å². The molecule has 39 heavy (non-hydrogen) atoms. The zero-order valence-electron chi connectivity index (χ0n) is 21.4. The molecule has 4 N–H and O–H groups in total. The summed E-state index contributed by atoms with van der Waals surface area (Å²) in [5.41, 5.74) is 3.11. The van der Waals surface area contributed by atoms with Gasteiger partial charge >= 0.3 is 0 Å². The molecule has 0 aliphatic heterocycles. The van der Waals surface area contributed by atoms with Crippen LogP contribution in [0.5, 0.6) is 0 Å². The number of hydrogen-bond donors (Lipinski definition) is 5. The molecule has 0 bridgehead atoms. The van der Waals surface area contributed by atoms with Gasteiger partial charge in [0, 0.05) is 41.9 Å². The first-order valence-corrected chi connectivity index (χ1v) is 14.8. The van der Waals surface area contributed by atoms with Crippen molar-refractivity contribution in [1.82, 2.24) is 15.4 Å². The third-order valence-corrected chi connectivity index (χ3v) is 7.81. The van der Waals surface area contributed by atoms with E-state index in [0.29, 0.717) is 48.6 Å². The molecule has 8 nitrogen and oxygen atoms in total. The molecule has 11 heteroatoms. The molecule has 0 aliphatic carbocycles. The maximum absolute atomic E-state index is 12.7. The fourth-order valence-corrected chi connectivity index (χ4v) is 5.57. The summed E-state index contributed by atoms with van der Waals surface area (Å²) in [7, 11) is -4.17. The number of carbonyl (C=O) groups is 2. The molecule has 3 rings (SSSR count). The Morgan fingerprint density at radius 2 is 1.72 bits per heavy atom. The van der Waals surface area contributed by atoms with Crippen LogP contribution in [0.3, 0.4) is 0 Å². The van der Waals surface area contributed by atoms with Crippen LogP contribution in [0.15, 0.2) is 77.7 Å². The van der Waals surface area contributed by atoms with Crippen LogP contribution in [0.2, 0.25) is 5.02 Å². The monoisotopic (exact) mass is 589 g/mol. The number of thiol groups is 1. The molecule has 0 aromatic heterocycles. The van der Waals surface area contributed by atoms with E-state index < -0.39 is 22.0 Å². The first-order valence-electron chi connectivity index (χ1n) is 12.4. The minimum absolute atomic E-state index is 0.0199. The summed E-state index contributed by atoms with van der Waals surface area (Å²) in [6, 6.07) is 21.2. The summed E-state index contributed by atoms with van der Waals surface area (Å²) in [5, 5.41) is 16.1. The van der Waals surface area contributed by atoms with Gasteiger partial charge in [-0.25, -0.2) is 13.1 Å². The highest BCUT2D eigenvalue weighted by atomic mass is 35.5. The third-order valence-electron chi connectivity index (χ3n) is 5.81. The largest absolute Gasteiger partial charge is 0.384 e. The molecule has 208 valence electrons. The molecule has 2 amide bonds. The Balaban J connectivity index is 1.46. The van der Waals surface area contributed by atoms with Crippen molar-refractivity contribution >= 4 is 46.1 Å². The van der Waals surface area contributed by atoms with E-state index in [0.717, 1.165) is 11.1 Å². The van der Waals surface area contributed by atoms with E-state index in [1.54, 1.807) is 30.3 Å². The van der Waals surface area contributed by atoms with Crippen LogP contribution in [-0.2, 0) is 32.6 Å². The number of carbonyl (C=O) groups excluding carboxylic acids is 2. The second-order valence-electron chi connectivity index (χ2n) is 9.06. The standard InChI is InChI=1S/C28H32ClN3O5S2/c1-19(33)28(35)32-39(36,37)26-8-3-2-7-25(26)22-11-9-20(10-12-22)17-30-14-13-27(34)31-18-24(38)16-21-5-4-6-23(29)15-21/h2-12,15,19,24,30,33,38H,13-14,16-18H2,1H3,(H,31,34)(H,32,35)/t19-,24+/m0/s1. The lowest BCUT2D eigenvalue weighted by Crippen LogP contribution is -2.37. The zero-order valence-corrected chi connectivity index (χ0v) is 23.9. The van der Waals surface area contributed by atoms with E-state index in [-0.39, 0.29) is 16.1 Å². The van der Waals surface area contributed by atoms with E-state index in [9.17, 15) is 23.1 Å². The lowest BCUT2D eigenvalue weighted by Gasteiger charge is -2.13. The van der Waals surface area contributed by atoms with Gasteiger partial charge in [0.1, 0.15) is 6.10 Å². The normalized spacial score (nSPS) is 12.9. The molecular weight excluding hydrogens is 558 g/mol. The number of rotatable bonds is 13. The highest BCUT2D eigenvalue weighted by Crippen LogP contribution is 2.27. The Morgan fingerprint density at radius 1 is 1.00 bits per heavy atom. The lowest BCUT2D eigenvalue weighted by molar-refractivity contribution is -0.126.